The molecule has 6 nitrogen and oxygen atoms in total. The molecule has 0 N–H and O–H groups in total. The average molecular weight is 497 g/mol. The number of nitrogens with zero attached hydrogens (tertiary/aromatic N) is 2. The number of hydrogen-bond acceptors (Lipinski definition) is 5. The van der Waals surface area contributed by atoms with Gasteiger partial charge in [0.2, 0.25) is 12.7 Å². The first kappa shape index (κ1) is 24.7. The summed E-state index contributed by atoms with van der Waals surface area (Å²) in [6.07, 6.45) is 0.687. The van der Waals surface area contributed by atoms with E-state index in [9.17, 15) is 14.0 Å². The van der Waals surface area contributed by atoms with Crippen LogP contribution in [-0.4, -0.2) is 41.0 Å². The highest BCUT2D eigenvalue weighted by molar-refractivity contribution is 7.10. The third-order valence-corrected chi connectivity index (χ3v) is 7.25. The molecule has 184 valence electrons. The number of ether oxygens (including phenoxy) is 2. The van der Waals surface area contributed by atoms with E-state index in [1.807, 2.05) is 50.4 Å². The SMILES string of the molecule is CCC(C)N(CC(=O)N(Cc1ccc2c(c1)OCO2)Cc1sccc1C)C(=O)c1ccc(F)cc1. The van der Waals surface area contributed by atoms with Crippen molar-refractivity contribution in [1.29, 1.82) is 0 Å². The summed E-state index contributed by atoms with van der Waals surface area (Å²) in [6.45, 7) is 6.84. The van der Waals surface area contributed by atoms with Gasteiger partial charge in [-0.3, -0.25) is 9.59 Å². The Morgan fingerprint density at radius 2 is 1.80 bits per heavy atom. The van der Waals surface area contributed by atoms with Crippen molar-refractivity contribution in [1.82, 2.24) is 9.80 Å². The summed E-state index contributed by atoms with van der Waals surface area (Å²) in [4.78, 5) is 31.4. The van der Waals surface area contributed by atoms with E-state index in [4.69, 9.17) is 9.47 Å². The summed E-state index contributed by atoms with van der Waals surface area (Å²) >= 11 is 1.61. The van der Waals surface area contributed by atoms with E-state index in [1.165, 1.54) is 24.3 Å². The van der Waals surface area contributed by atoms with Crippen molar-refractivity contribution in [2.45, 2.75) is 46.3 Å². The Morgan fingerprint density at radius 3 is 2.49 bits per heavy atom. The molecule has 0 radical (unpaired) electrons. The van der Waals surface area contributed by atoms with Crippen LogP contribution in [0.4, 0.5) is 4.39 Å². The zero-order chi connectivity index (χ0) is 24.9. The molecule has 0 spiro atoms. The molecular weight excluding hydrogens is 467 g/mol. The average Bonchev–Trinajstić information content (AvgIpc) is 3.49. The number of amides is 2. The maximum atomic E-state index is 13.7. The van der Waals surface area contributed by atoms with Crippen LogP contribution in [0.5, 0.6) is 11.5 Å². The van der Waals surface area contributed by atoms with Crippen molar-refractivity contribution in [3.05, 3.63) is 81.3 Å². The van der Waals surface area contributed by atoms with Crippen molar-refractivity contribution in [3.8, 4) is 11.5 Å². The lowest BCUT2D eigenvalue weighted by molar-refractivity contribution is -0.133. The van der Waals surface area contributed by atoms with Crippen LogP contribution in [-0.2, 0) is 17.9 Å². The molecule has 2 heterocycles. The smallest absolute Gasteiger partial charge is 0.254 e. The second kappa shape index (κ2) is 10.9. The fourth-order valence-corrected chi connectivity index (χ4v) is 4.80. The molecule has 1 atom stereocenters. The van der Waals surface area contributed by atoms with Crippen LogP contribution >= 0.6 is 11.3 Å². The molecule has 2 amide bonds. The van der Waals surface area contributed by atoms with Gasteiger partial charge in [0.15, 0.2) is 11.5 Å². The van der Waals surface area contributed by atoms with Crippen LogP contribution in [0.15, 0.2) is 53.9 Å². The highest BCUT2D eigenvalue weighted by atomic mass is 32.1. The minimum Gasteiger partial charge on any atom is -0.454 e. The number of rotatable bonds is 9. The van der Waals surface area contributed by atoms with Crippen molar-refractivity contribution >= 4 is 23.2 Å². The van der Waals surface area contributed by atoms with Crippen LogP contribution in [0.1, 0.15) is 46.6 Å². The molecule has 3 aromatic rings. The Kier molecular flexibility index (Phi) is 7.70. The van der Waals surface area contributed by atoms with Gasteiger partial charge in [-0.15, -0.1) is 11.3 Å². The fraction of sp³-hybridized carbons (Fsp3) is 0.333. The highest BCUT2D eigenvalue weighted by Gasteiger charge is 2.27. The van der Waals surface area contributed by atoms with Gasteiger partial charge >= 0.3 is 0 Å². The van der Waals surface area contributed by atoms with Gasteiger partial charge < -0.3 is 19.3 Å². The normalized spacial score (nSPS) is 12.9. The number of aryl methyl sites for hydroxylation is 1. The number of carbonyl (C=O) groups is 2. The minimum absolute atomic E-state index is 0.0693. The van der Waals surface area contributed by atoms with Gasteiger partial charge in [0.1, 0.15) is 12.4 Å². The summed E-state index contributed by atoms with van der Waals surface area (Å²) < 4.78 is 24.3. The maximum Gasteiger partial charge on any atom is 0.254 e. The number of benzene rings is 2. The lowest BCUT2D eigenvalue weighted by Crippen LogP contribution is -2.46. The summed E-state index contributed by atoms with van der Waals surface area (Å²) in [5.74, 6) is 0.492. The highest BCUT2D eigenvalue weighted by Crippen LogP contribution is 2.33. The molecule has 0 fully saturated rings. The summed E-state index contributed by atoms with van der Waals surface area (Å²) in [6, 6.07) is 13.0. The van der Waals surface area contributed by atoms with Gasteiger partial charge in [-0.25, -0.2) is 4.39 Å². The molecule has 2 aromatic carbocycles. The molecule has 1 aliphatic heterocycles. The van der Waals surface area contributed by atoms with E-state index in [1.54, 1.807) is 21.1 Å². The van der Waals surface area contributed by atoms with E-state index >= 15 is 0 Å². The fourth-order valence-electron chi connectivity index (χ4n) is 3.88. The van der Waals surface area contributed by atoms with Gasteiger partial charge in [-0.05, 0) is 79.2 Å². The van der Waals surface area contributed by atoms with Crippen LogP contribution in [0.25, 0.3) is 0 Å². The van der Waals surface area contributed by atoms with E-state index in [2.05, 4.69) is 0 Å². The van der Waals surface area contributed by atoms with Crippen molar-refractivity contribution in [2.24, 2.45) is 0 Å². The Balaban J connectivity index is 1.58. The second-order valence-electron chi connectivity index (χ2n) is 8.66. The largest absolute Gasteiger partial charge is 0.454 e. The van der Waals surface area contributed by atoms with Crippen molar-refractivity contribution in [2.75, 3.05) is 13.3 Å². The first-order valence-corrected chi connectivity index (χ1v) is 12.5. The van der Waals surface area contributed by atoms with Crippen LogP contribution in [0, 0.1) is 12.7 Å². The quantitative estimate of drug-likeness (QED) is 0.398. The van der Waals surface area contributed by atoms with Gasteiger partial charge in [0.25, 0.3) is 5.91 Å². The van der Waals surface area contributed by atoms with E-state index in [-0.39, 0.29) is 31.2 Å². The number of fused-ring (bicyclic) bond motifs is 1. The minimum atomic E-state index is -0.408. The van der Waals surface area contributed by atoms with E-state index in [0.717, 1.165) is 16.0 Å². The van der Waals surface area contributed by atoms with Crippen LogP contribution < -0.4 is 9.47 Å². The van der Waals surface area contributed by atoms with Crippen LogP contribution in [0.2, 0.25) is 0 Å². The Morgan fingerprint density at radius 1 is 1.06 bits per heavy atom. The third kappa shape index (κ3) is 5.82. The number of carbonyl (C=O) groups excluding carboxylic acids is 2. The summed E-state index contributed by atoms with van der Waals surface area (Å²) in [7, 11) is 0. The molecule has 0 saturated heterocycles. The lowest BCUT2D eigenvalue weighted by Gasteiger charge is -2.31. The Bertz CT molecular complexity index is 1190. The number of hydrogen-bond donors (Lipinski definition) is 0. The molecule has 1 aromatic heterocycles. The zero-order valence-electron chi connectivity index (χ0n) is 20.1. The zero-order valence-corrected chi connectivity index (χ0v) is 20.9. The van der Waals surface area contributed by atoms with Gasteiger partial charge in [-0.2, -0.15) is 0 Å². The molecule has 0 aliphatic carbocycles. The lowest BCUT2D eigenvalue weighted by atomic mass is 10.1. The number of thiophene rings is 1. The predicted molar refractivity (Wildman–Crippen MR) is 133 cm³/mol. The molecule has 0 saturated carbocycles. The summed E-state index contributed by atoms with van der Waals surface area (Å²) in [5.41, 5.74) is 2.40. The third-order valence-electron chi connectivity index (χ3n) is 6.25. The topological polar surface area (TPSA) is 59.1 Å². The Hall–Kier alpha value is -3.39. The van der Waals surface area contributed by atoms with Crippen molar-refractivity contribution in [3.63, 3.8) is 0 Å². The molecular formula is C27H29FN2O4S. The maximum absolute atomic E-state index is 13.7. The molecule has 1 unspecified atom stereocenters. The van der Waals surface area contributed by atoms with Gasteiger partial charge in [0, 0.05) is 23.0 Å². The standard InChI is InChI=1S/C27H29FN2O4S/c1-4-19(3)30(27(32)21-6-8-22(28)9-7-21)16-26(31)29(15-25-18(2)11-12-35-25)14-20-5-10-23-24(13-20)34-17-33-23/h5-13,19H,4,14-17H2,1-3H3. The van der Waals surface area contributed by atoms with E-state index in [0.29, 0.717) is 36.6 Å². The molecule has 4 rings (SSSR count). The van der Waals surface area contributed by atoms with Crippen molar-refractivity contribution < 1.29 is 23.5 Å². The first-order valence-electron chi connectivity index (χ1n) is 11.6. The number of halogens is 1. The molecule has 1 aliphatic rings. The Labute approximate surface area is 208 Å². The summed E-state index contributed by atoms with van der Waals surface area (Å²) in [5, 5.41) is 2.01. The second-order valence-corrected chi connectivity index (χ2v) is 9.66. The molecule has 35 heavy (non-hydrogen) atoms. The van der Waals surface area contributed by atoms with E-state index < -0.39 is 5.82 Å². The van der Waals surface area contributed by atoms with Gasteiger partial charge in [-0.1, -0.05) is 13.0 Å². The first-order chi connectivity index (χ1) is 16.9. The van der Waals surface area contributed by atoms with Crippen LogP contribution in [0.3, 0.4) is 0 Å². The van der Waals surface area contributed by atoms with Gasteiger partial charge in [0.05, 0.1) is 6.54 Å². The predicted octanol–water partition coefficient (Wildman–Crippen LogP) is 5.39. The monoisotopic (exact) mass is 496 g/mol. The molecule has 0 bridgehead atoms. The molecule has 8 heteroatoms.